The summed E-state index contributed by atoms with van der Waals surface area (Å²) >= 11 is 3.29. The summed E-state index contributed by atoms with van der Waals surface area (Å²) in [7, 11) is 0. The van der Waals surface area contributed by atoms with Crippen LogP contribution in [0.1, 0.15) is 18.7 Å². The Morgan fingerprint density at radius 1 is 1.64 bits per heavy atom. The molecule has 1 unspecified atom stereocenters. The van der Waals surface area contributed by atoms with E-state index in [4.69, 9.17) is 5.11 Å². The summed E-state index contributed by atoms with van der Waals surface area (Å²) in [6.07, 6.45) is 1.93. The number of carboxylic acids is 1. The Labute approximate surface area is 89.3 Å². The van der Waals surface area contributed by atoms with Gasteiger partial charge in [0, 0.05) is 19.4 Å². The van der Waals surface area contributed by atoms with E-state index in [1.165, 1.54) is 0 Å². The van der Waals surface area contributed by atoms with E-state index in [-0.39, 0.29) is 12.3 Å². The molecule has 2 rings (SSSR count). The van der Waals surface area contributed by atoms with Gasteiger partial charge in [-0.1, -0.05) is 0 Å². The van der Waals surface area contributed by atoms with Crippen LogP contribution in [0.5, 0.6) is 0 Å². The SMILES string of the molecule is O=C(O)CC1CCc2nnc(Br)n2C1. The summed E-state index contributed by atoms with van der Waals surface area (Å²) < 4.78 is 2.64. The number of rotatable bonds is 2. The molecule has 1 atom stereocenters. The Morgan fingerprint density at radius 3 is 3.14 bits per heavy atom. The van der Waals surface area contributed by atoms with Gasteiger partial charge in [-0.05, 0) is 28.3 Å². The molecule has 2 heterocycles. The van der Waals surface area contributed by atoms with Crippen molar-refractivity contribution in [3.05, 3.63) is 10.6 Å². The molecule has 0 radical (unpaired) electrons. The van der Waals surface area contributed by atoms with Gasteiger partial charge in [0.2, 0.25) is 0 Å². The molecule has 0 amide bonds. The predicted molar refractivity (Wildman–Crippen MR) is 51.8 cm³/mol. The molecule has 6 heteroatoms. The number of hydrogen-bond acceptors (Lipinski definition) is 3. The highest BCUT2D eigenvalue weighted by atomic mass is 79.9. The molecule has 1 N–H and O–H groups in total. The van der Waals surface area contributed by atoms with Gasteiger partial charge in [-0.3, -0.25) is 4.79 Å². The molecule has 76 valence electrons. The number of aromatic nitrogens is 3. The molecule has 0 aliphatic carbocycles. The van der Waals surface area contributed by atoms with Crippen molar-refractivity contribution < 1.29 is 9.90 Å². The van der Waals surface area contributed by atoms with Gasteiger partial charge >= 0.3 is 5.97 Å². The maximum Gasteiger partial charge on any atom is 0.303 e. The molecule has 0 saturated heterocycles. The van der Waals surface area contributed by atoms with Gasteiger partial charge < -0.3 is 9.67 Å². The van der Waals surface area contributed by atoms with Crippen LogP contribution in [0.4, 0.5) is 0 Å². The third-order valence-electron chi connectivity index (χ3n) is 2.46. The smallest absolute Gasteiger partial charge is 0.303 e. The molecule has 14 heavy (non-hydrogen) atoms. The second-order valence-electron chi connectivity index (χ2n) is 3.50. The van der Waals surface area contributed by atoms with Crippen LogP contribution in [0, 0.1) is 5.92 Å². The van der Waals surface area contributed by atoms with Crippen LogP contribution in [-0.2, 0) is 17.8 Å². The molecule has 0 aromatic carbocycles. The lowest BCUT2D eigenvalue weighted by atomic mass is 9.96. The summed E-state index contributed by atoms with van der Waals surface area (Å²) in [6, 6.07) is 0. The minimum Gasteiger partial charge on any atom is -0.481 e. The minimum atomic E-state index is -0.734. The molecule has 0 spiro atoms. The second-order valence-corrected chi connectivity index (χ2v) is 4.21. The third kappa shape index (κ3) is 1.79. The molecule has 5 nitrogen and oxygen atoms in total. The van der Waals surface area contributed by atoms with E-state index in [2.05, 4.69) is 26.1 Å². The number of carboxylic acid groups (broad SMARTS) is 1. The fourth-order valence-corrected chi connectivity index (χ4v) is 2.20. The van der Waals surface area contributed by atoms with Crippen LogP contribution < -0.4 is 0 Å². The topological polar surface area (TPSA) is 68.0 Å². The number of fused-ring (bicyclic) bond motifs is 1. The summed E-state index contributed by atoms with van der Waals surface area (Å²) in [4.78, 5) is 10.6. The van der Waals surface area contributed by atoms with Gasteiger partial charge in [-0.15, -0.1) is 10.2 Å². The standard InChI is InChI=1S/C8H10BrN3O2/c9-8-11-10-6-2-1-5(3-7(13)14)4-12(6)8/h5H,1-4H2,(H,13,14). The molecular formula is C8H10BrN3O2. The number of hydrogen-bond donors (Lipinski definition) is 1. The van der Waals surface area contributed by atoms with Gasteiger partial charge in [0.1, 0.15) is 5.82 Å². The highest BCUT2D eigenvalue weighted by Gasteiger charge is 2.23. The van der Waals surface area contributed by atoms with E-state index in [1.807, 2.05) is 4.57 Å². The maximum atomic E-state index is 10.6. The Hall–Kier alpha value is -0.910. The number of aryl methyl sites for hydroxylation is 1. The van der Waals surface area contributed by atoms with Crippen LogP contribution in [0.25, 0.3) is 0 Å². The fourth-order valence-electron chi connectivity index (χ4n) is 1.78. The average Bonchev–Trinajstić information content (AvgIpc) is 2.47. The van der Waals surface area contributed by atoms with E-state index in [9.17, 15) is 4.79 Å². The van der Waals surface area contributed by atoms with E-state index in [1.54, 1.807) is 0 Å². The van der Waals surface area contributed by atoms with Crippen LogP contribution in [0.2, 0.25) is 0 Å². The Bertz CT molecular complexity index is 363. The van der Waals surface area contributed by atoms with Gasteiger partial charge in [0.25, 0.3) is 0 Å². The molecule has 0 saturated carbocycles. The quantitative estimate of drug-likeness (QED) is 0.863. The first-order valence-electron chi connectivity index (χ1n) is 4.46. The van der Waals surface area contributed by atoms with E-state index in [0.717, 1.165) is 18.7 Å². The lowest BCUT2D eigenvalue weighted by Gasteiger charge is -2.21. The summed E-state index contributed by atoms with van der Waals surface area (Å²) in [6.45, 7) is 0.704. The molecule has 1 aromatic heterocycles. The Kier molecular flexibility index (Phi) is 2.54. The zero-order chi connectivity index (χ0) is 10.1. The highest BCUT2D eigenvalue weighted by Crippen LogP contribution is 2.24. The molecule has 1 aliphatic heterocycles. The van der Waals surface area contributed by atoms with Crippen LogP contribution in [0.15, 0.2) is 4.73 Å². The third-order valence-corrected chi connectivity index (χ3v) is 3.05. The lowest BCUT2D eigenvalue weighted by Crippen LogP contribution is -2.22. The van der Waals surface area contributed by atoms with Crippen molar-refractivity contribution in [2.24, 2.45) is 5.92 Å². The maximum absolute atomic E-state index is 10.6. The number of halogens is 1. The van der Waals surface area contributed by atoms with Crippen molar-refractivity contribution in [3.8, 4) is 0 Å². The first-order chi connectivity index (χ1) is 6.66. The molecule has 1 aromatic rings. The lowest BCUT2D eigenvalue weighted by molar-refractivity contribution is -0.138. The van der Waals surface area contributed by atoms with E-state index >= 15 is 0 Å². The highest BCUT2D eigenvalue weighted by molar-refractivity contribution is 9.10. The van der Waals surface area contributed by atoms with Crippen LogP contribution in [0.3, 0.4) is 0 Å². The summed E-state index contributed by atoms with van der Waals surface area (Å²) in [5.41, 5.74) is 0. The van der Waals surface area contributed by atoms with Crippen molar-refractivity contribution in [3.63, 3.8) is 0 Å². The zero-order valence-corrected chi connectivity index (χ0v) is 9.07. The average molecular weight is 260 g/mol. The monoisotopic (exact) mass is 259 g/mol. The van der Waals surface area contributed by atoms with E-state index < -0.39 is 5.97 Å². The van der Waals surface area contributed by atoms with Crippen LogP contribution in [-0.4, -0.2) is 25.8 Å². The van der Waals surface area contributed by atoms with Crippen molar-refractivity contribution in [1.29, 1.82) is 0 Å². The fraction of sp³-hybridized carbons (Fsp3) is 0.625. The predicted octanol–water partition coefficient (Wildman–Crippen LogP) is 1.08. The van der Waals surface area contributed by atoms with Crippen molar-refractivity contribution in [2.75, 3.05) is 0 Å². The molecule has 1 aliphatic rings. The normalized spacial score (nSPS) is 20.5. The zero-order valence-electron chi connectivity index (χ0n) is 7.48. The summed E-state index contributed by atoms with van der Waals surface area (Å²) in [5, 5.41) is 16.6. The molecule has 0 bridgehead atoms. The Balaban J connectivity index is 2.12. The molecular weight excluding hydrogens is 250 g/mol. The number of carbonyl (C=O) groups is 1. The van der Waals surface area contributed by atoms with E-state index in [0.29, 0.717) is 11.3 Å². The first kappa shape index (κ1) is 9.64. The van der Waals surface area contributed by atoms with Crippen molar-refractivity contribution in [1.82, 2.24) is 14.8 Å². The van der Waals surface area contributed by atoms with Gasteiger partial charge in [0.15, 0.2) is 4.73 Å². The van der Waals surface area contributed by atoms with Gasteiger partial charge in [0.05, 0.1) is 0 Å². The van der Waals surface area contributed by atoms with Crippen molar-refractivity contribution in [2.45, 2.75) is 25.8 Å². The second kappa shape index (κ2) is 3.68. The van der Waals surface area contributed by atoms with Crippen LogP contribution >= 0.6 is 15.9 Å². The largest absolute Gasteiger partial charge is 0.481 e. The first-order valence-corrected chi connectivity index (χ1v) is 5.25. The molecule has 0 fully saturated rings. The minimum absolute atomic E-state index is 0.201. The van der Waals surface area contributed by atoms with Gasteiger partial charge in [-0.2, -0.15) is 0 Å². The number of aliphatic carboxylic acids is 1. The Morgan fingerprint density at radius 2 is 2.43 bits per heavy atom. The number of nitrogens with zero attached hydrogens (tertiary/aromatic N) is 3. The van der Waals surface area contributed by atoms with Crippen molar-refractivity contribution >= 4 is 21.9 Å². The summed E-state index contributed by atoms with van der Waals surface area (Å²) in [5.74, 6) is 0.411. The van der Waals surface area contributed by atoms with Gasteiger partial charge in [-0.25, -0.2) is 0 Å².